The number of primary amides is 1. The molecule has 2 N–H and O–H groups in total. The molecule has 1 amide bonds. The lowest BCUT2D eigenvalue weighted by atomic mass is 9.78. The smallest absolute Gasteiger partial charge is 0.298 e. The summed E-state index contributed by atoms with van der Waals surface area (Å²) in [4.78, 5) is 33.1. The van der Waals surface area contributed by atoms with E-state index in [-0.39, 0.29) is 25.3 Å². The number of ether oxygens (including phenoxy) is 2. The fourth-order valence-electron chi connectivity index (χ4n) is 2.09. The van der Waals surface area contributed by atoms with Gasteiger partial charge in [0, 0.05) is 25.3 Å². The van der Waals surface area contributed by atoms with Crippen molar-refractivity contribution in [1.82, 2.24) is 0 Å². The molecule has 0 saturated carbocycles. The summed E-state index contributed by atoms with van der Waals surface area (Å²) in [5.41, 5.74) is 4.32. The molecule has 0 unspecified atom stereocenters. The van der Waals surface area contributed by atoms with Crippen molar-refractivity contribution in [2.45, 2.75) is 66.7 Å². The Morgan fingerprint density at radius 1 is 1.11 bits per heavy atom. The van der Waals surface area contributed by atoms with Crippen molar-refractivity contribution in [2.24, 2.45) is 5.73 Å². The van der Waals surface area contributed by atoms with E-state index in [4.69, 9.17) is 10.5 Å². The van der Waals surface area contributed by atoms with Gasteiger partial charge in [0.05, 0.1) is 16.4 Å². The molecule has 1 aromatic carbocycles. The van der Waals surface area contributed by atoms with E-state index in [0.29, 0.717) is 11.1 Å². The second-order valence-corrected chi connectivity index (χ2v) is 6.98. The molecule has 0 aliphatic rings. The number of methoxy groups -OCH3 is 1. The maximum Gasteiger partial charge on any atom is 0.298 e. The summed E-state index contributed by atoms with van der Waals surface area (Å²) in [5.74, 6) is -0.671. The first-order chi connectivity index (χ1) is 12.3. The highest BCUT2D eigenvalue weighted by atomic mass is 16.6. The van der Waals surface area contributed by atoms with Crippen LogP contribution in [0.3, 0.4) is 0 Å². The van der Waals surface area contributed by atoms with E-state index < -0.39 is 21.7 Å². The lowest BCUT2D eigenvalue weighted by molar-refractivity contribution is -0.386. The van der Waals surface area contributed by atoms with Gasteiger partial charge in [-0.3, -0.25) is 19.7 Å². The SMILES string of the molecule is C.CC.CC(C)(C)c1cc(C(C)(C)C(N)=O)c(OC=O)cc1[N+](=O)[O-].COC. The number of rotatable bonds is 5. The molecule has 0 heterocycles. The standard InChI is InChI=1S/C15H20N2O5.C2H6O.C2H6.CH4/c1-14(2,3)9-6-10(15(4,5)13(16)19)12(22-8-18)7-11(9)17(20)21;1-3-2;1-2;/h6-8H,1-5H3,(H2,16,19);1-2H3;1-2H3;1H4. The molecule has 8 heteroatoms. The number of nitro groups is 1. The molecule has 0 atom stereocenters. The Kier molecular flexibility index (Phi) is 13.9. The minimum absolute atomic E-state index is 0. The first-order valence-electron chi connectivity index (χ1n) is 8.48. The minimum atomic E-state index is -1.15. The van der Waals surface area contributed by atoms with Crippen LogP contribution in [0.2, 0.25) is 0 Å². The third-order valence-electron chi connectivity index (χ3n) is 3.57. The summed E-state index contributed by atoms with van der Waals surface area (Å²) in [6.07, 6.45) is 0. The maximum atomic E-state index is 11.7. The number of carbonyl (C=O) groups excluding carboxylic acids is 2. The molecule has 0 spiro atoms. The zero-order chi connectivity index (χ0) is 22.0. The van der Waals surface area contributed by atoms with Crippen molar-refractivity contribution < 1.29 is 24.0 Å². The van der Waals surface area contributed by atoms with Gasteiger partial charge < -0.3 is 15.2 Å². The summed E-state index contributed by atoms with van der Waals surface area (Å²) in [5, 5.41) is 11.3. The van der Waals surface area contributed by atoms with E-state index in [1.165, 1.54) is 6.07 Å². The number of carbonyl (C=O) groups is 2. The highest BCUT2D eigenvalue weighted by Gasteiger charge is 2.35. The van der Waals surface area contributed by atoms with Gasteiger partial charge in [0.15, 0.2) is 0 Å². The second kappa shape index (κ2) is 12.8. The average Bonchev–Trinajstić information content (AvgIpc) is 2.56. The van der Waals surface area contributed by atoms with Gasteiger partial charge in [-0.15, -0.1) is 0 Å². The molecular formula is C20H36N2O6. The van der Waals surface area contributed by atoms with Gasteiger partial charge in [-0.1, -0.05) is 42.0 Å². The highest BCUT2D eigenvalue weighted by molar-refractivity contribution is 5.87. The van der Waals surface area contributed by atoms with Crippen LogP contribution in [0.15, 0.2) is 12.1 Å². The number of amides is 1. The lowest BCUT2D eigenvalue weighted by Gasteiger charge is -2.27. The number of nitrogens with two attached hydrogens (primary N) is 1. The predicted octanol–water partition coefficient (Wildman–Crippen LogP) is 4.12. The van der Waals surface area contributed by atoms with E-state index in [1.54, 1.807) is 28.1 Å². The number of hydrogen-bond acceptors (Lipinski definition) is 6. The molecule has 0 aromatic heterocycles. The van der Waals surface area contributed by atoms with Crippen LogP contribution in [0, 0.1) is 10.1 Å². The highest BCUT2D eigenvalue weighted by Crippen LogP contribution is 2.40. The van der Waals surface area contributed by atoms with Crippen molar-refractivity contribution in [3.05, 3.63) is 33.4 Å². The van der Waals surface area contributed by atoms with E-state index in [9.17, 15) is 19.7 Å². The van der Waals surface area contributed by atoms with Crippen molar-refractivity contribution in [3.63, 3.8) is 0 Å². The Morgan fingerprint density at radius 2 is 1.54 bits per heavy atom. The molecule has 8 nitrogen and oxygen atoms in total. The van der Waals surface area contributed by atoms with Crippen molar-refractivity contribution in [3.8, 4) is 5.75 Å². The van der Waals surface area contributed by atoms with Crippen LogP contribution < -0.4 is 10.5 Å². The number of nitrogens with zero attached hydrogens (tertiary/aromatic N) is 1. The topological polar surface area (TPSA) is 122 Å². The molecule has 0 bridgehead atoms. The summed E-state index contributed by atoms with van der Waals surface area (Å²) in [6.45, 7) is 12.8. The quantitative estimate of drug-likeness (QED) is 0.451. The molecule has 1 aromatic rings. The van der Waals surface area contributed by atoms with Gasteiger partial charge in [0.2, 0.25) is 5.91 Å². The molecule has 0 radical (unpaired) electrons. The van der Waals surface area contributed by atoms with Crippen LogP contribution in [0.1, 0.15) is 67.0 Å². The second-order valence-electron chi connectivity index (χ2n) is 6.98. The van der Waals surface area contributed by atoms with E-state index in [2.05, 4.69) is 4.74 Å². The van der Waals surface area contributed by atoms with Crippen LogP contribution in [-0.4, -0.2) is 31.5 Å². The zero-order valence-electron chi connectivity index (χ0n) is 17.7. The molecule has 0 saturated heterocycles. The van der Waals surface area contributed by atoms with Crippen LogP contribution in [0.25, 0.3) is 0 Å². The van der Waals surface area contributed by atoms with E-state index >= 15 is 0 Å². The Bertz CT molecular complexity index is 649. The summed E-state index contributed by atoms with van der Waals surface area (Å²) < 4.78 is 9.09. The average molecular weight is 401 g/mol. The summed E-state index contributed by atoms with van der Waals surface area (Å²) in [6, 6.07) is 2.68. The Balaban J connectivity index is -0.000000946. The fraction of sp³-hybridized carbons (Fsp3) is 0.600. The number of hydrogen-bond donors (Lipinski definition) is 1. The number of nitro benzene ring substituents is 1. The number of benzene rings is 1. The Morgan fingerprint density at radius 3 is 1.82 bits per heavy atom. The van der Waals surface area contributed by atoms with Gasteiger partial charge in [-0.25, -0.2) is 0 Å². The summed E-state index contributed by atoms with van der Waals surface area (Å²) >= 11 is 0. The van der Waals surface area contributed by atoms with Gasteiger partial charge >= 0.3 is 0 Å². The predicted molar refractivity (Wildman–Crippen MR) is 112 cm³/mol. The fourth-order valence-corrected chi connectivity index (χ4v) is 2.09. The third-order valence-corrected chi connectivity index (χ3v) is 3.57. The largest absolute Gasteiger partial charge is 0.428 e. The van der Waals surface area contributed by atoms with Gasteiger partial charge in [0.1, 0.15) is 5.75 Å². The lowest BCUT2D eigenvalue weighted by Crippen LogP contribution is -2.36. The van der Waals surface area contributed by atoms with Crippen LogP contribution in [-0.2, 0) is 25.2 Å². The van der Waals surface area contributed by atoms with Crippen molar-refractivity contribution in [1.29, 1.82) is 0 Å². The van der Waals surface area contributed by atoms with Crippen LogP contribution in [0.4, 0.5) is 5.69 Å². The maximum absolute atomic E-state index is 11.7. The molecule has 162 valence electrons. The van der Waals surface area contributed by atoms with Crippen molar-refractivity contribution >= 4 is 18.1 Å². The Hall–Kier alpha value is -2.48. The third kappa shape index (κ3) is 8.04. The van der Waals surface area contributed by atoms with Gasteiger partial charge in [-0.2, -0.15) is 0 Å². The first-order valence-corrected chi connectivity index (χ1v) is 8.48. The first kappa shape index (κ1) is 30.3. The minimum Gasteiger partial charge on any atom is -0.428 e. The molecule has 0 aliphatic carbocycles. The van der Waals surface area contributed by atoms with E-state index in [1.807, 2.05) is 34.6 Å². The van der Waals surface area contributed by atoms with E-state index in [0.717, 1.165) is 6.07 Å². The van der Waals surface area contributed by atoms with Crippen LogP contribution >= 0.6 is 0 Å². The molecule has 1 rings (SSSR count). The molecule has 0 fully saturated rings. The molecular weight excluding hydrogens is 364 g/mol. The summed E-state index contributed by atoms with van der Waals surface area (Å²) in [7, 11) is 3.25. The van der Waals surface area contributed by atoms with Gasteiger partial charge in [0.25, 0.3) is 12.2 Å². The Labute approximate surface area is 168 Å². The monoisotopic (exact) mass is 400 g/mol. The van der Waals surface area contributed by atoms with Crippen molar-refractivity contribution in [2.75, 3.05) is 14.2 Å². The normalized spacial score (nSPS) is 10.2. The molecule has 0 aliphatic heterocycles. The van der Waals surface area contributed by atoms with Crippen LogP contribution in [0.5, 0.6) is 5.75 Å². The molecule has 28 heavy (non-hydrogen) atoms. The van der Waals surface area contributed by atoms with Gasteiger partial charge in [-0.05, 0) is 25.3 Å². The zero-order valence-corrected chi connectivity index (χ0v) is 17.7.